The molecule has 0 aliphatic rings. The minimum Gasteiger partial charge on any atom is -0.325 e. The molecule has 0 radical (unpaired) electrons. The summed E-state index contributed by atoms with van der Waals surface area (Å²) >= 11 is 5.99. The number of sulfonamides is 1. The highest BCUT2D eigenvalue weighted by Crippen LogP contribution is 2.20. The van der Waals surface area contributed by atoms with E-state index in [2.05, 4.69) is 10.6 Å². The number of halogens is 1. The van der Waals surface area contributed by atoms with Crippen LogP contribution in [0.3, 0.4) is 0 Å². The van der Waals surface area contributed by atoms with Crippen LogP contribution in [0.25, 0.3) is 0 Å². The van der Waals surface area contributed by atoms with Crippen LogP contribution in [-0.2, 0) is 14.8 Å². The van der Waals surface area contributed by atoms with Crippen LogP contribution in [0.2, 0.25) is 5.02 Å². The number of benzene rings is 2. The quantitative estimate of drug-likeness (QED) is 0.645. The molecule has 0 saturated heterocycles. The molecule has 1 amide bonds. The Morgan fingerprint density at radius 1 is 1.11 bits per heavy atom. The van der Waals surface area contributed by atoms with Gasteiger partial charge in [-0.1, -0.05) is 43.6 Å². The molecule has 1 atom stereocenters. The van der Waals surface area contributed by atoms with Gasteiger partial charge in [-0.25, -0.2) is 8.42 Å². The number of carbonyl (C=O) groups excluding carboxylic acids is 1. The molecule has 6 nitrogen and oxygen atoms in total. The summed E-state index contributed by atoms with van der Waals surface area (Å²) in [5.41, 5.74) is 1.42. The van der Waals surface area contributed by atoms with Gasteiger partial charge in [-0.3, -0.25) is 4.79 Å². The van der Waals surface area contributed by atoms with Crippen LogP contribution in [0.4, 0.5) is 5.69 Å². The fraction of sp³-hybridized carbons (Fsp3) is 0.350. The lowest BCUT2D eigenvalue weighted by molar-refractivity contribution is -0.115. The lowest BCUT2D eigenvalue weighted by Gasteiger charge is -2.19. The molecule has 2 N–H and O–H groups in total. The summed E-state index contributed by atoms with van der Waals surface area (Å²) in [6.45, 7) is 6.39. The van der Waals surface area contributed by atoms with Crippen LogP contribution in [0, 0.1) is 0 Å². The van der Waals surface area contributed by atoms with E-state index >= 15 is 0 Å². The van der Waals surface area contributed by atoms with Gasteiger partial charge in [0.25, 0.3) is 0 Å². The van der Waals surface area contributed by atoms with Crippen LogP contribution in [0.15, 0.2) is 53.4 Å². The molecule has 1 unspecified atom stereocenters. The first-order valence-electron chi connectivity index (χ1n) is 9.16. The molecule has 0 bridgehead atoms. The third-order valence-electron chi connectivity index (χ3n) is 4.38. The van der Waals surface area contributed by atoms with Crippen LogP contribution in [-0.4, -0.2) is 38.3 Å². The molecule has 0 spiro atoms. The van der Waals surface area contributed by atoms with E-state index < -0.39 is 10.0 Å². The second-order valence-corrected chi connectivity index (χ2v) is 8.70. The molecular weight excluding hydrogens is 398 g/mol. The van der Waals surface area contributed by atoms with Crippen molar-refractivity contribution in [2.45, 2.75) is 31.7 Å². The monoisotopic (exact) mass is 423 g/mol. The molecule has 0 aliphatic carbocycles. The van der Waals surface area contributed by atoms with Gasteiger partial charge in [0.15, 0.2) is 0 Å². The molecule has 0 heterocycles. The van der Waals surface area contributed by atoms with Crippen molar-refractivity contribution in [3.8, 4) is 0 Å². The van der Waals surface area contributed by atoms with E-state index in [1.165, 1.54) is 16.4 Å². The Bertz CT molecular complexity index is 914. The summed E-state index contributed by atoms with van der Waals surface area (Å²) in [5, 5.41) is 6.51. The predicted octanol–water partition coefficient (Wildman–Crippen LogP) is 3.66. The normalized spacial score (nSPS) is 12.8. The van der Waals surface area contributed by atoms with E-state index in [-0.39, 0.29) is 23.4 Å². The summed E-state index contributed by atoms with van der Waals surface area (Å²) in [4.78, 5) is 12.4. The molecule has 2 aromatic rings. The zero-order valence-electron chi connectivity index (χ0n) is 16.3. The van der Waals surface area contributed by atoms with Crippen molar-refractivity contribution in [2.75, 3.05) is 25.0 Å². The maximum absolute atomic E-state index is 12.6. The van der Waals surface area contributed by atoms with Crippen molar-refractivity contribution >= 4 is 33.2 Å². The molecule has 0 fully saturated rings. The number of rotatable bonds is 9. The number of nitrogens with zero attached hydrogens (tertiary/aromatic N) is 1. The van der Waals surface area contributed by atoms with Crippen molar-refractivity contribution in [2.24, 2.45) is 0 Å². The molecule has 0 aromatic heterocycles. The molecule has 152 valence electrons. The van der Waals surface area contributed by atoms with Gasteiger partial charge in [0, 0.05) is 29.8 Å². The standard InChI is InChI=1S/C20H26ClN3O3S/c1-4-24(5-2)28(26,27)19-11-7-10-18(13-19)23-20(25)14-22-15(3)16-8-6-9-17(21)12-16/h6-13,15,22H,4-5,14H2,1-3H3,(H,23,25). The van der Waals surface area contributed by atoms with Gasteiger partial charge in [-0.2, -0.15) is 4.31 Å². The maximum atomic E-state index is 12.6. The van der Waals surface area contributed by atoms with Gasteiger partial charge in [0.1, 0.15) is 0 Å². The SMILES string of the molecule is CCN(CC)S(=O)(=O)c1cccc(NC(=O)CNC(C)c2cccc(Cl)c2)c1. The Morgan fingerprint density at radius 2 is 1.79 bits per heavy atom. The number of carbonyl (C=O) groups is 1. The first kappa shape index (κ1) is 22.4. The van der Waals surface area contributed by atoms with Crippen molar-refractivity contribution in [1.82, 2.24) is 9.62 Å². The second kappa shape index (κ2) is 10.0. The number of hydrogen-bond donors (Lipinski definition) is 2. The van der Waals surface area contributed by atoms with Crippen LogP contribution < -0.4 is 10.6 Å². The zero-order chi connectivity index (χ0) is 20.7. The fourth-order valence-corrected chi connectivity index (χ4v) is 4.49. The zero-order valence-corrected chi connectivity index (χ0v) is 17.8. The molecule has 28 heavy (non-hydrogen) atoms. The topological polar surface area (TPSA) is 78.5 Å². The largest absolute Gasteiger partial charge is 0.325 e. The Labute approximate surface area is 171 Å². The van der Waals surface area contributed by atoms with Crippen LogP contribution in [0.1, 0.15) is 32.4 Å². The molecule has 0 saturated carbocycles. The second-order valence-electron chi connectivity index (χ2n) is 6.32. The number of amides is 1. The lowest BCUT2D eigenvalue weighted by Crippen LogP contribution is -2.31. The summed E-state index contributed by atoms with van der Waals surface area (Å²) in [7, 11) is -3.57. The van der Waals surface area contributed by atoms with Gasteiger partial charge >= 0.3 is 0 Å². The van der Waals surface area contributed by atoms with E-state index in [9.17, 15) is 13.2 Å². The highest BCUT2D eigenvalue weighted by molar-refractivity contribution is 7.89. The highest BCUT2D eigenvalue weighted by atomic mass is 35.5. The molecule has 2 rings (SSSR count). The number of anilines is 1. The Kier molecular flexibility index (Phi) is 8.00. The van der Waals surface area contributed by atoms with Gasteiger partial charge < -0.3 is 10.6 Å². The van der Waals surface area contributed by atoms with E-state index in [1.807, 2.05) is 25.1 Å². The average Bonchev–Trinajstić information content (AvgIpc) is 2.67. The Balaban J connectivity index is 2.01. The van der Waals surface area contributed by atoms with Crippen molar-refractivity contribution in [3.63, 3.8) is 0 Å². The van der Waals surface area contributed by atoms with Gasteiger partial charge in [-0.05, 0) is 42.8 Å². The minimum atomic E-state index is -3.57. The molecular formula is C20H26ClN3O3S. The summed E-state index contributed by atoms with van der Waals surface area (Å²) in [5.74, 6) is -0.258. The highest BCUT2D eigenvalue weighted by Gasteiger charge is 2.21. The average molecular weight is 424 g/mol. The van der Waals surface area contributed by atoms with E-state index in [4.69, 9.17) is 11.6 Å². The van der Waals surface area contributed by atoms with Gasteiger partial charge in [-0.15, -0.1) is 0 Å². The Morgan fingerprint density at radius 3 is 2.43 bits per heavy atom. The minimum absolute atomic E-state index is 0.0566. The van der Waals surface area contributed by atoms with E-state index in [0.29, 0.717) is 23.8 Å². The fourth-order valence-electron chi connectivity index (χ4n) is 2.79. The molecule has 2 aromatic carbocycles. The Hall–Kier alpha value is -1.93. The predicted molar refractivity (Wildman–Crippen MR) is 113 cm³/mol. The lowest BCUT2D eigenvalue weighted by atomic mass is 10.1. The summed E-state index contributed by atoms with van der Waals surface area (Å²) in [6, 6.07) is 13.7. The van der Waals surface area contributed by atoms with Crippen molar-refractivity contribution in [1.29, 1.82) is 0 Å². The molecule has 0 aliphatic heterocycles. The van der Waals surface area contributed by atoms with Crippen molar-refractivity contribution in [3.05, 3.63) is 59.1 Å². The third-order valence-corrected chi connectivity index (χ3v) is 6.66. The van der Waals surface area contributed by atoms with E-state index in [1.54, 1.807) is 32.0 Å². The van der Waals surface area contributed by atoms with Crippen LogP contribution >= 0.6 is 11.6 Å². The van der Waals surface area contributed by atoms with E-state index in [0.717, 1.165) is 5.56 Å². The third kappa shape index (κ3) is 5.78. The van der Waals surface area contributed by atoms with Crippen molar-refractivity contribution < 1.29 is 13.2 Å². The van der Waals surface area contributed by atoms with Gasteiger partial charge in [0.05, 0.1) is 11.4 Å². The molecule has 8 heteroatoms. The summed E-state index contributed by atoms with van der Waals surface area (Å²) in [6.07, 6.45) is 0. The van der Waals surface area contributed by atoms with Crippen LogP contribution in [0.5, 0.6) is 0 Å². The first-order chi connectivity index (χ1) is 13.3. The summed E-state index contributed by atoms with van der Waals surface area (Å²) < 4.78 is 26.6. The maximum Gasteiger partial charge on any atom is 0.243 e. The number of hydrogen-bond acceptors (Lipinski definition) is 4. The van der Waals surface area contributed by atoms with Gasteiger partial charge in [0.2, 0.25) is 15.9 Å². The number of nitrogens with one attached hydrogen (secondary N) is 2. The first-order valence-corrected chi connectivity index (χ1v) is 11.0. The smallest absolute Gasteiger partial charge is 0.243 e.